The SMILES string of the molecule is CSC(=O)C(N)C(C)CS. The Morgan fingerprint density at radius 1 is 1.80 bits per heavy atom. The lowest BCUT2D eigenvalue weighted by atomic mass is 10.1. The Balaban J connectivity index is 3.81. The molecule has 0 bridgehead atoms. The average molecular weight is 179 g/mol. The monoisotopic (exact) mass is 179 g/mol. The molecule has 0 radical (unpaired) electrons. The molecule has 10 heavy (non-hydrogen) atoms. The minimum atomic E-state index is -0.354. The maximum atomic E-state index is 10.9. The summed E-state index contributed by atoms with van der Waals surface area (Å²) in [6, 6.07) is -0.354. The summed E-state index contributed by atoms with van der Waals surface area (Å²) in [5.74, 6) is 0.830. The topological polar surface area (TPSA) is 43.1 Å². The van der Waals surface area contributed by atoms with E-state index in [-0.39, 0.29) is 17.1 Å². The lowest BCUT2D eigenvalue weighted by Gasteiger charge is -2.14. The van der Waals surface area contributed by atoms with Crippen molar-refractivity contribution < 1.29 is 4.79 Å². The van der Waals surface area contributed by atoms with Crippen molar-refractivity contribution >= 4 is 29.5 Å². The van der Waals surface area contributed by atoms with E-state index in [0.717, 1.165) is 0 Å². The maximum absolute atomic E-state index is 10.9. The van der Waals surface area contributed by atoms with E-state index in [9.17, 15) is 4.79 Å². The Morgan fingerprint density at radius 2 is 2.30 bits per heavy atom. The van der Waals surface area contributed by atoms with Crippen LogP contribution in [0.15, 0.2) is 0 Å². The van der Waals surface area contributed by atoms with E-state index in [1.807, 2.05) is 6.92 Å². The van der Waals surface area contributed by atoms with E-state index < -0.39 is 0 Å². The fourth-order valence-corrected chi connectivity index (χ4v) is 1.21. The van der Waals surface area contributed by atoms with Gasteiger partial charge < -0.3 is 5.73 Å². The van der Waals surface area contributed by atoms with Gasteiger partial charge in [0.2, 0.25) is 5.12 Å². The molecule has 2 nitrogen and oxygen atoms in total. The van der Waals surface area contributed by atoms with Crippen molar-refractivity contribution in [3.63, 3.8) is 0 Å². The third-order valence-corrected chi connectivity index (χ3v) is 2.62. The third kappa shape index (κ3) is 2.94. The van der Waals surface area contributed by atoms with E-state index in [1.165, 1.54) is 11.8 Å². The normalized spacial score (nSPS) is 16.4. The van der Waals surface area contributed by atoms with Crippen LogP contribution in [0.25, 0.3) is 0 Å². The fourth-order valence-electron chi connectivity index (χ4n) is 0.482. The van der Waals surface area contributed by atoms with Gasteiger partial charge in [0.25, 0.3) is 0 Å². The molecule has 0 heterocycles. The van der Waals surface area contributed by atoms with Crippen molar-refractivity contribution in [3.8, 4) is 0 Å². The molecule has 0 fully saturated rings. The summed E-state index contributed by atoms with van der Waals surface area (Å²) in [6.45, 7) is 1.92. The smallest absolute Gasteiger partial charge is 0.205 e. The van der Waals surface area contributed by atoms with Crippen molar-refractivity contribution in [2.24, 2.45) is 11.7 Å². The predicted molar refractivity (Wildman–Crippen MR) is 49.5 cm³/mol. The minimum Gasteiger partial charge on any atom is -0.321 e. The van der Waals surface area contributed by atoms with Crippen LogP contribution < -0.4 is 5.73 Å². The number of hydrogen-bond acceptors (Lipinski definition) is 4. The fraction of sp³-hybridized carbons (Fsp3) is 0.833. The van der Waals surface area contributed by atoms with Gasteiger partial charge in [-0.05, 0) is 17.9 Å². The highest BCUT2D eigenvalue weighted by atomic mass is 32.2. The summed E-state index contributed by atoms with van der Waals surface area (Å²) in [5.41, 5.74) is 5.56. The van der Waals surface area contributed by atoms with Crippen molar-refractivity contribution in [1.29, 1.82) is 0 Å². The second kappa shape index (κ2) is 5.04. The lowest BCUT2D eigenvalue weighted by molar-refractivity contribution is -0.112. The molecule has 0 aliphatic carbocycles. The van der Waals surface area contributed by atoms with E-state index in [1.54, 1.807) is 6.26 Å². The van der Waals surface area contributed by atoms with Gasteiger partial charge >= 0.3 is 0 Å². The van der Waals surface area contributed by atoms with Crippen LogP contribution in [0, 0.1) is 5.92 Å². The van der Waals surface area contributed by atoms with Crippen LogP contribution in [0.3, 0.4) is 0 Å². The number of rotatable bonds is 3. The third-order valence-electron chi connectivity index (χ3n) is 1.37. The van der Waals surface area contributed by atoms with E-state index >= 15 is 0 Å². The number of thioether (sulfide) groups is 1. The molecule has 4 heteroatoms. The molecule has 0 aromatic carbocycles. The van der Waals surface area contributed by atoms with Gasteiger partial charge in [-0.25, -0.2) is 0 Å². The molecule has 0 spiro atoms. The van der Waals surface area contributed by atoms with Gasteiger partial charge in [-0.2, -0.15) is 12.6 Å². The number of carbonyl (C=O) groups is 1. The zero-order chi connectivity index (χ0) is 8.15. The average Bonchev–Trinajstić information content (AvgIpc) is 2.00. The van der Waals surface area contributed by atoms with Gasteiger partial charge in [0.15, 0.2) is 0 Å². The quantitative estimate of drug-likeness (QED) is 0.629. The zero-order valence-electron chi connectivity index (χ0n) is 6.20. The lowest BCUT2D eigenvalue weighted by Crippen LogP contribution is -2.35. The van der Waals surface area contributed by atoms with Crippen molar-refractivity contribution in [2.75, 3.05) is 12.0 Å². The Morgan fingerprint density at radius 3 is 2.60 bits per heavy atom. The Hall–Kier alpha value is 0.330. The van der Waals surface area contributed by atoms with Gasteiger partial charge in [0, 0.05) is 0 Å². The van der Waals surface area contributed by atoms with Gasteiger partial charge in [0.1, 0.15) is 0 Å². The summed E-state index contributed by atoms with van der Waals surface area (Å²) in [5, 5.41) is 0.0431. The highest BCUT2D eigenvalue weighted by Gasteiger charge is 2.17. The first kappa shape index (κ1) is 10.3. The first-order valence-electron chi connectivity index (χ1n) is 3.07. The summed E-state index contributed by atoms with van der Waals surface area (Å²) < 4.78 is 0. The zero-order valence-corrected chi connectivity index (χ0v) is 7.91. The largest absolute Gasteiger partial charge is 0.321 e. The van der Waals surface area contributed by atoms with Gasteiger partial charge in [0.05, 0.1) is 6.04 Å². The summed E-state index contributed by atoms with van der Waals surface area (Å²) in [7, 11) is 0. The maximum Gasteiger partial charge on any atom is 0.205 e. The van der Waals surface area contributed by atoms with Crippen LogP contribution in [0.1, 0.15) is 6.92 Å². The van der Waals surface area contributed by atoms with Crippen LogP contribution in [-0.4, -0.2) is 23.2 Å². The van der Waals surface area contributed by atoms with Gasteiger partial charge in [-0.3, -0.25) is 4.79 Å². The highest BCUT2D eigenvalue weighted by molar-refractivity contribution is 8.13. The molecule has 60 valence electrons. The summed E-state index contributed by atoms with van der Waals surface area (Å²) in [4.78, 5) is 10.9. The van der Waals surface area contributed by atoms with Crippen LogP contribution in [0.5, 0.6) is 0 Å². The summed E-state index contributed by atoms with van der Waals surface area (Å²) >= 11 is 5.23. The second-order valence-electron chi connectivity index (χ2n) is 2.21. The first-order valence-corrected chi connectivity index (χ1v) is 4.93. The highest BCUT2D eigenvalue weighted by Crippen LogP contribution is 2.08. The molecule has 2 unspecified atom stereocenters. The Bertz CT molecular complexity index is 118. The number of hydrogen-bond donors (Lipinski definition) is 2. The molecule has 0 rings (SSSR count). The van der Waals surface area contributed by atoms with Crippen molar-refractivity contribution in [2.45, 2.75) is 13.0 Å². The minimum absolute atomic E-state index is 0.0431. The Kier molecular flexibility index (Phi) is 5.21. The molecule has 0 aromatic heterocycles. The van der Waals surface area contributed by atoms with E-state index in [4.69, 9.17) is 5.73 Å². The van der Waals surface area contributed by atoms with Crippen LogP contribution >= 0.6 is 24.4 Å². The molecule has 0 aliphatic heterocycles. The molecule has 2 atom stereocenters. The van der Waals surface area contributed by atoms with E-state index in [2.05, 4.69) is 12.6 Å². The molecule has 0 aromatic rings. The summed E-state index contributed by atoms with van der Waals surface area (Å²) in [6.07, 6.45) is 1.74. The molecular weight excluding hydrogens is 166 g/mol. The number of carbonyl (C=O) groups excluding carboxylic acids is 1. The molecule has 0 saturated carbocycles. The molecule has 2 N–H and O–H groups in total. The molecular formula is C6H13NOS2. The predicted octanol–water partition coefficient (Wildman–Crippen LogP) is 0.769. The van der Waals surface area contributed by atoms with Crippen LogP contribution in [-0.2, 0) is 4.79 Å². The van der Waals surface area contributed by atoms with Crippen molar-refractivity contribution in [3.05, 3.63) is 0 Å². The molecule has 0 aliphatic rings. The second-order valence-corrected chi connectivity index (χ2v) is 3.38. The van der Waals surface area contributed by atoms with Crippen molar-refractivity contribution in [1.82, 2.24) is 0 Å². The van der Waals surface area contributed by atoms with Gasteiger partial charge in [-0.15, -0.1) is 0 Å². The standard InChI is InChI=1S/C6H13NOS2/c1-4(3-9)5(7)6(8)10-2/h4-5,9H,3,7H2,1-2H3. The molecule has 0 amide bonds. The van der Waals surface area contributed by atoms with E-state index in [0.29, 0.717) is 5.75 Å². The van der Waals surface area contributed by atoms with Crippen LogP contribution in [0.4, 0.5) is 0 Å². The van der Waals surface area contributed by atoms with Crippen LogP contribution in [0.2, 0.25) is 0 Å². The first-order chi connectivity index (χ1) is 4.63. The number of thiol groups is 1. The van der Waals surface area contributed by atoms with Gasteiger partial charge in [-0.1, -0.05) is 18.7 Å². The molecule has 0 saturated heterocycles. The number of nitrogens with two attached hydrogens (primary N) is 1. The Labute approximate surface area is 71.3 Å².